The third-order valence-corrected chi connectivity index (χ3v) is 5.01. The lowest BCUT2D eigenvalue weighted by molar-refractivity contribution is -0.158. The number of benzene rings is 2. The number of esters is 1. The molecule has 2 aromatic rings. The van der Waals surface area contributed by atoms with Gasteiger partial charge in [-0.25, -0.2) is 4.79 Å². The maximum atomic E-state index is 12.6. The Morgan fingerprint density at radius 3 is 2.41 bits per heavy atom. The van der Waals surface area contributed by atoms with Gasteiger partial charge in [-0.15, -0.1) is 0 Å². The van der Waals surface area contributed by atoms with E-state index in [2.05, 4.69) is 10.6 Å². The molecule has 1 heterocycles. The Hall–Kier alpha value is -3.55. The summed E-state index contributed by atoms with van der Waals surface area (Å²) in [6.45, 7) is 5.53. The van der Waals surface area contributed by atoms with Gasteiger partial charge in [-0.3, -0.25) is 9.59 Å². The quantitative estimate of drug-likeness (QED) is 0.581. The fraction of sp³-hybridized carbons (Fsp3) is 0.375. The molecule has 0 fully saturated rings. The third kappa shape index (κ3) is 6.23. The van der Waals surface area contributed by atoms with Gasteiger partial charge in [0.2, 0.25) is 12.7 Å². The second kappa shape index (κ2) is 10.7. The molecule has 8 heteroatoms. The first-order valence-electron chi connectivity index (χ1n) is 10.5. The average Bonchev–Trinajstić information content (AvgIpc) is 3.24. The van der Waals surface area contributed by atoms with E-state index in [1.165, 1.54) is 6.92 Å². The van der Waals surface area contributed by atoms with Gasteiger partial charge in [0.25, 0.3) is 5.91 Å². The van der Waals surface area contributed by atoms with Crippen LogP contribution >= 0.6 is 0 Å². The number of nitrogens with one attached hydrogen (secondary N) is 2. The zero-order chi connectivity index (χ0) is 23.1. The first kappa shape index (κ1) is 23.1. The van der Waals surface area contributed by atoms with Crippen LogP contribution in [0.25, 0.3) is 0 Å². The standard InChI is InChI=1S/C24H28N2O6/c1-15(2)22(26-21(27)12-17-7-5-4-6-8-17)24(29)32-16(3)23(28)25-13-18-9-10-19-20(11-18)31-14-30-19/h4-11,15-16,22H,12-14H2,1-3H3,(H,25,28)(H,26,27)/t16-,22+/m0/s1. The zero-order valence-corrected chi connectivity index (χ0v) is 18.4. The van der Waals surface area contributed by atoms with Gasteiger partial charge >= 0.3 is 5.97 Å². The zero-order valence-electron chi connectivity index (χ0n) is 18.4. The Balaban J connectivity index is 1.50. The fourth-order valence-electron chi connectivity index (χ4n) is 3.19. The predicted octanol–water partition coefficient (Wildman–Crippen LogP) is 2.35. The smallest absolute Gasteiger partial charge is 0.329 e. The SMILES string of the molecule is CC(C)[C@@H](NC(=O)Cc1ccccc1)C(=O)O[C@@H](C)C(=O)NCc1ccc2c(c1)OCO2. The summed E-state index contributed by atoms with van der Waals surface area (Å²) < 4.78 is 15.9. The maximum absolute atomic E-state index is 12.6. The maximum Gasteiger partial charge on any atom is 0.329 e. The lowest BCUT2D eigenvalue weighted by Crippen LogP contribution is -2.48. The minimum absolute atomic E-state index is 0.156. The molecule has 2 atom stereocenters. The average molecular weight is 440 g/mol. The van der Waals surface area contributed by atoms with E-state index >= 15 is 0 Å². The number of hydrogen-bond donors (Lipinski definition) is 2. The van der Waals surface area contributed by atoms with Gasteiger partial charge in [0.15, 0.2) is 17.6 Å². The first-order valence-corrected chi connectivity index (χ1v) is 10.5. The van der Waals surface area contributed by atoms with Crippen molar-refractivity contribution < 1.29 is 28.6 Å². The van der Waals surface area contributed by atoms with E-state index in [0.29, 0.717) is 11.5 Å². The Bertz CT molecular complexity index is 960. The van der Waals surface area contributed by atoms with Gasteiger partial charge in [-0.1, -0.05) is 50.2 Å². The predicted molar refractivity (Wildman–Crippen MR) is 117 cm³/mol. The molecule has 0 spiro atoms. The number of carbonyl (C=O) groups is 3. The Labute approximate surface area is 187 Å². The summed E-state index contributed by atoms with van der Waals surface area (Å²) in [5.41, 5.74) is 1.67. The largest absolute Gasteiger partial charge is 0.454 e. The number of fused-ring (bicyclic) bond motifs is 1. The van der Waals surface area contributed by atoms with Crippen LogP contribution in [0.15, 0.2) is 48.5 Å². The summed E-state index contributed by atoms with van der Waals surface area (Å²) in [5.74, 6) is -0.280. The van der Waals surface area contributed by atoms with Crippen LogP contribution < -0.4 is 20.1 Å². The van der Waals surface area contributed by atoms with E-state index < -0.39 is 24.0 Å². The molecule has 3 rings (SSSR count). The highest BCUT2D eigenvalue weighted by Crippen LogP contribution is 2.32. The molecule has 0 saturated carbocycles. The number of ether oxygens (including phenoxy) is 3. The van der Waals surface area contributed by atoms with Crippen molar-refractivity contribution in [2.75, 3.05) is 6.79 Å². The van der Waals surface area contributed by atoms with Crippen LogP contribution in [0.3, 0.4) is 0 Å². The first-order chi connectivity index (χ1) is 15.3. The van der Waals surface area contributed by atoms with E-state index in [9.17, 15) is 14.4 Å². The minimum Gasteiger partial charge on any atom is -0.454 e. The molecule has 8 nitrogen and oxygen atoms in total. The molecule has 0 saturated heterocycles. The van der Waals surface area contributed by atoms with Crippen LogP contribution in [-0.2, 0) is 32.1 Å². The van der Waals surface area contributed by atoms with Crippen LogP contribution in [0.4, 0.5) is 0 Å². The second-order valence-corrected chi connectivity index (χ2v) is 7.94. The summed E-state index contributed by atoms with van der Waals surface area (Å²) in [4.78, 5) is 37.4. The Morgan fingerprint density at radius 2 is 1.69 bits per heavy atom. The number of amides is 2. The van der Waals surface area contributed by atoms with E-state index in [4.69, 9.17) is 14.2 Å². The molecule has 32 heavy (non-hydrogen) atoms. The molecule has 0 aromatic heterocycles. The molecule has 0 radical (unpaired) electrons. The molecular weight excluding hydrogens is 412 g/mol. The van der Waals surface area contributed by atoms with E-state index in [0.717, 1.165) is 11.1 Å². The van der Waals surface area contributed by atoms with Crippen molar-refractivity contribution in [1.29, 1.82) is 0 Å². The van der Waals surface area contributed by atoms with E-state index in [-0.39, 0.29) is 31.6 Å². The van der Waals surface area contributed by atoms with E-state index in [1.807, 2.05) is 36.4 Å². The van der Waals surface area contributed by atoms with Gasteiger partial charge in [-0.2, -0.15) is 0 Å². The van der Waals surface area contributed by atoms with Crippen molar-refractivity contribution in [2.24, 2.45) is 5.92 Å². The molecule has 170 valence electrons. The molecule has 1 aliphatic rings. The van der Waals surface area contributed by atoms with Gasteiger partial charge < -0.3 is 24.8 Å². The van der Waals surface area contributed by atoms with Gasteiger partial charge in [0.05, 0.1) is 6.42 Å². The van der Waals surface area contributed by atoms with Gasteiger partial charge in [-0.05, 0) is 36.1 Å². The Morgan fingerprint density at radius 1 is 0.969 bits per heavy atom. The molecule has 0 aliphatic carbocycles. The van der Waals surface area contributed by atoms with Crippen molar-refractivity contribution >= 4 is 17.8 Å². The highest BCUT2D eigenvalue weighted by Gasteiger charge is 2.29. The van der Waals surface area contributed by atoms with Crippen LogP contribution in [0.1, 0.15) is 31.9 Å². The number of carbonyl (C=O) groups excluding carboxylic acids is 3. The van der Waals surface area contributed by atoms with Crippen molar-refractivity contribution in [3.05, 3.63) is 59.7 Å². The third-order valence-electron chi connectivity index (χ3n) is 5.01. The Kier molecular flexibility index (Phi) is 7.70. The lowest BCUT2D eigenvalue weighted by Gasteiger charge is -2.23. The number of hydrogen-bond acceptors (Lipinski definition) is 6. The second-order valence-electron chi connectivity index (χ2n) is 7.94. The topological polar surface area (TPSA) is 103 Å². The normalized spacial score (nSPS) is 13.9. The molecule has 2 amide bonds. The molecule has 0 bridgehead atoms. The molecular formula is C24H28N2O6. The van der Waals surface area contributed by atoms with Crippen molar-refractivity contribution in [3.63, 3.8) is 0 Å². The summed E-state index contributed by atoms with van der Waals surface area (Å²) in [6, 6.07) is 13.8. The van der Waals surface area contributed by atoms with Gasteiger partial charge in [0.1, 0.15) is 6.04 Å². The minimum atomic E-state index is -1.01. The monoisotopic (exact) mass is 440 g/mol. The molecule has 2 aromatic carbocycles. The fourth-order valence-corrected chi connectivity index (χ4v) is 3.19. The highest BCUT2D eigenvalue weighted by molar-refractivity contribution is 5.88. The van der Waals surface area contributed by atoms with Crippen LogP contribution in [0, 0.1) is 5.92 Å². The highest BCUT2D eigenvalue weighted by atomic mass is 16.7. The van der Waals surface area contributed by atoms with Crippen LogP contribution in [-0.4, -0.2) is 36.7 Å². The van der Waals surface area contributed by atoms with Crippen LogP contribution in [0.2, 0.25) is 0 Å². The summed E-state index contributed by atoms with van der Waals surface area (Å²) in [6.07, 6.45) is -0.855. The van der Waals surface area contributed by atoms with Crippen molar-refractivity contribution in [3.8, 4) is 11.5 Å². The summed E-state index contributed by atoms with van der Waals surface area (Å²) in [5, 5.41) is 5.46. The summed E-state index contributed by atoms with van der Waals surface area (Å²) in [7, 11) is 0. The van der Waals surface area contributed by atoms with Crippen molar-refractivity contribution in [1.82, 2.24) is 10.6 Å². The molecule has 0 unspecified atom stereocenters. The lowest BCUT2D eigenvalue weighted by atomic mass is 10.0. The van der Waals surface area contributed by atoms with E-state index in [1.54, 1.807) is 26.0 Å². The number of rotatable bonds is 9. The molecule has 2 N–H and O–H groups in total. The van der Waals surface area contributed by atoms with Crippen molar-refractivity contribution in [2.45, 2.75) is 45.9 Å². The molecule has 1 aliphatic heterocycles. The summed E-state index contributed by atoms with van der Waals surface area (Å²) >= 11 is 0. The van der Waals surface area contributed by atoms with Gasteiger partial charge in [0, 0.05) is 6.54 Å². The van der Waals surface area contributed by atoms with Crippen LogP contribution in [0.5, 0.6) is 11.5 Å².